The Balaban J connectivity index is 1.44. The predicted octanol–water partition coefficient (Wildman–Crippen LogP) is 5.45. The van der Waals surface area contributed by atoms with Crippen LogP contribution in [0.5, 0.6) is 5.75 Å². The van der Waals surface area contributed by atoms with E-state index in [1.165, 1.54) is 0 Å². The number of fused-ring (bicyclic) bond motifs is 1. The molecule has 2 aromatic carbocycles. The van der Waals surface area contributed by atoms with Gasteiger partial charge in [0.25, 0.3) is 0 Å². The summed E-state index contributed by atoms with van der Waals surface area (Å²) in [6.07, 6.45) is 0.791. The highest BCUT2D eigenvalue weighted by atomic mass is 16.6. The zero-order valence-electron chi connectivity index (χ0n) is 21.9. The molecule has 0 saturated carbocycles. The molecule has 0 aromatic heterocycles. The molecule has 0 spiro atoms. The van der Waals surface area contributed by atoms with Crippen LogP contribution >= 0.6 is 0 Å². The molecule has 0 bridgehead atoms. The van der Waals surface area contributed by atoms with Gasteiger partial charge in [-0.25, -0.2) is 9.59 Å². The van der Waals surface area contributed by atoms with E-state index < -0.39 is 5.60 Å². The van der Waals surface area contributed by atoms with Crippen molar-refractivity contribution in [3.05, 3.63) is 54.1 Å². The van der Waals surface area contributed by atoms with Crippen molar-refractivity contribution >= 4 is 23.6 Å². The number of nitrogens with zero attached hydrogens (tertiary/aromatic N) is 3. The van der Waals surface area contributed by atoms with Gasteiger partial charge in [0.15, 0.2) is 5.75 Å². The summed E-state index contributed by atoms with van der Waals surface area (Å²) < 4.78 is 17.4. The molecule has 2 amide bonds. The first-order chi connectivity index (χ1) is 17.1. The van der Waals surface area contributed by atoms with Gasteiger partial charge in [-0.15, -0.1) is 0 Å². The van der Waals surface area contributed by atoms with Crippen LogP contribution in [0.2, 0.25) is 0 Å². The molecule has 1 unspecified atom stereocenters. The summed E-state index contributed by atoms with van der Waals surface area (Å²) in [5, 5.41) is 0. The summed E-state index contributed by atoms with van der Waals surface area (Å²) in [6.45, 7) is 9.77. The van der Waals surface area contributed by atoms with Crippen LogP contribution in [0.15, 0.2) is 48.5 Å². The molecule has 1 atom stereocenters. The highest BCUT2D eigenvalue weighted by molar-refractivity contribution is 5.92. The monoisotopic (exact) mass is 495 g/mol. The van der Waals surface area contributed by atoms with Crippen molar-refractivity contribution in [2.24, 2.45) is 0 Å². The number of carbonyl (C=O) groups excluding carboxylic acids is 2. The van der Waals surface area contributed by atoms with Crippen molar-refractivity contribution in [2.75, 3.05) is 36.5 Å². The van der Waals surface area contributed by atoms with Gasteiger partial charge in [0.2, 0.25) is 0 Å². The number of ether oxygens (including phenoxy) is 3. The van der Waals surface area contributed by atoms with Gasteiger partial charge in [-0.1, -0.05) is 36.4 Å². The highest BCUT2D eigenvalue weighted by Gasteiger charge is 2.34. The Bertz CT molecular complexity index is 1060. The molecule has 0 N–H and O–H groups in total. The minimum atomic E-state index is -0.517. The van der Waals surface area contributed by atoms with Crippen molar-refractivity contribution in [3.63, 3.8) is 0 Å². The molecule has 8 heteroatoms. The van der Waals surface area contributed by atoms with E-state index in [1.807, 2.05) is 83.3 Å². The number of para-hydroxylation sites is 1. The van der Waals surface area contributed by atoms with E-state index in [2.05, 4.69) is 4.90 Å². The SMILES string of the molecule is CC1CN(C(=O)OCc2ccccc2)c2cccc(N3CCC(N(C)C(=O)OC(C)(C)C)CC3)c2O1. The van der Waals surface area contributed by atoms with Crippen LogP contribution in [0.25, 0.3) is 0 Å². The first kappa shape index (κ1) is 25.7. The summed E-state index contributed by atoms with van der Waals surface area (Å²) in [7, 11) is 1.81. The third-order valence-corrected chi connectivity index (χ3v) is 6.48. The Labute approximate surface area is 213 Å². The lowest BCUT2D eigenvalue weighted by atomic mass is 10.0. The fourth-order valence-corrected chi connectivity index (χ4v) is 4.64. The van der Waals surface area contributed by atoms with E-state index in [0.29, 0.717) is 12.3 Å². The van der Waals surface area contributed by atoms with Gasteiger partial charge in [0.1, 0.15) is 18.3 Å². The average Bonchev–Trinajstić information content (AvgIpc) is 2.85. The predicted molar refractivity (Wildman–Crippen MR) is 140 cm³/mol. The minimum Gasteiger partial charge on any atom is -0.484 e. The Kier molecular flexibility index (Phi) is 7.62. The van der Waals surface area contributed by atoms with Crippen LogP contribution < -0.4 is 14.5 Å². The summed E-state index contributed by atoms with van der Waals surface area (Å²) in [5.74, 6) is 0.701. The van der Waals surface area contributed by atoms with E-state index in [1.54, 1.807) is 9.80 Å². The number of rotatable bonds is 4. The maximum Gasteiger partial charge on any atom is 0.414 e. The molecule has 2 heterocycles. The molecule has 0 aliphatic carbocycles. The zero-order chi connectivity index (χ0) is 25.9. The third kappa shape index (κ3) is 6.04. The third-order valence-electron chi connectivity index (χ3n) is 6.48. The molecular weight excluding hydrogens is 458 g/mol. The van der Waals surface area contributed by atoms with Crippen LogP contribution in [-0.2, 0) is 16.1 Å². The molecule has 2 aliphatic rings. The van der Waals surface area contributed by atoms with Crippen LogP contribution in [0, 0.1) is 0 Å². The van der Waals surface area contributed by atoms with Crippen molar-refractivity contribution in [2.45, 2.75) is 64.9 Å². The summed E-state index contributed by atoms with van der Waals surface area (Å²) in [5.41, 5.74) is 2.10. The summed E-state index contributed by atoms with van der Waals surface area (Å²) >= 11 is 0. The molecule has 0 radical (unpaired) electrons. The molecule has 4 rings (SSSR count). The Hall–Kier alpha value is -3.42. The van der Waals surface area contributed by atoms with Gasteiger partial charge in [-0.05, 0) is 58.2 Å². The topological polar surface area (TPSA) is 71.6 Å². The molecule has 2 aromatic rings. The molecule has 36 heavy (non-hydrogen) atoms. The van der Waals surface area contributed by atoms with Crippen molar-refractivity contribution < 1.29 is 23.8 Å². The number of benzene rings is 2. The first-order valence-electron chi connectivity index (χ1n) is 12.6. The quantitative estimate of drug-likeness (QED) is 0.562. The van der Waals surface area contributed by atoms with Gasteiger partial charge in [-0.2, -0.15) is 0 Å². The number of piperidine rings is 1. The van der Waals surface area contributed by atoms with Crippen LogP contribution in [0.3, 0.4) is 0 Å². The van der Waals surface area contributed by atoms with Crippen molar-refractivity contribution in [3.8, 4) is 5.75 Å². The molecule has 1 saturated heterocycles. The number of amides is 2. The van der Waals surface area contributed by atoms with Gasteiger partial charge >= 0.3 is 12.2 Å². The number of hydrogen-bond acceptors (Lipinski definition) is 6. The van der Waals surface area contributed by atoms with Crippen molar-refractivity contribution in [1.29, 1.82) is 0 Å². The van der Waals surface area contributed by atoms with Gasteiger partial charge in [-0.3, -0.25) is 4.90 Å². The average molecular weight is 496 g/mol. The Morgan fingerprint density at radius 3 is 2.36 bits per heavy atom. The second-order valence-electron chi connectivity index (χ2n) is 10.5. The normalized spacial score (nSPS) is 18.2. The van der Waals surface area contributed by atoms with Gasteiger partial charge < -0.3 is 24.0 Å². The number of hydrogen-bond donors (Lipinski definition) is 0. The second-order valence-corrected chi connectivity index (χ2v) is 10.5. The summed E-state index contributed by atoms with van der Waals surface area (Å²) in [6, 6.07) is 15.6. The van der Waals surface area contributed by atoms with E-state index in [-0.39, 0.29) is 30.9 Å². The lowest BCUT2D eigenvalue weighted by Gasteiger charge is -2.40. The van der Waals surface area contributed by atoms with Crippen LogP contribution in [0.4, 0.5) is 21.0 Å². The molecule has 2 aliphatic heterocycles. The maximum absolute atomic E-state index is 13.0. The number of anilines is 2. The molecular formula is C28H37N3O5. The Morgan fingerprint density at radius 2 is 1.69 bits per heavy atom. The van der Waals surface area contributed by atoms with Gasteiger partial charge in [0, 0.05) is 26.2 Å². The maximum atomic E-state index is 13.0. The smallest absolute Gasteiger partial charge is 0.414 e. The highest BCUT2D eigenvalue weighted by Crippen LogP contribution is 2.43. The van der Waals surface area contributed by atoms with E-state index >= 15 is 0 Å². The van der Waals surface area contributed by atoms with E-state index in [0.717, 1.165) is 42.9 Å². The lowest BCUT2D eigenvalue weighted by Crippen LogP contribution is -2.47. The summed E-state index contributed by atoms with van der Waals surface area (Å²) in [4.78, 5) is 31.2. The lowest BCUT2D eigenvalue weighted by molar-refractivity contribution is 0.0200. The van der Waals surface area contributed by atoms with E-state index in [9.17, 15) is 9.59 Å². The number of carbonyl (C=O) groups is 2. The second kappa shape index (κ2) is 10.7. The Morgan fingerprint density at radius 1 is 1.03 bits per heavy atom. The molecule has 8 nitrogen and oxygen atoms in total. The molecule has 1 fully saturated rings. The minimum absolute atomic E-state index is 0.111. The fraction of sp³-hybridized carbons (Fsp3) is 0.500. The van der Waals surface area contributed by atoms with Gasteiger partial charge in [0.05, 0.1) is 17.9 Å². The fourth-order valence-electron chi connectivity index (χ4n) is 4.64. The first-order valence-corrected chi connectivity index (χ1v) is 12.6. The standard InChI is InChI=1S/C28H37N3O5/c1-20-18-31(27(33)34-19-21-10-7-6-8-11-21)24-13-9-12-23(25(24)35-20)30-16-14-22(15-17-30)29(5)26(32)36-28(2,3)4/h6-13,20,22H,14-19H2,1-5H3. The van der Waals surface area contributed by atoms with E-state index in [4.69, 9.17) is 14.2 Å². The van der Waals surface area contributed by atoms with Crippen molar-refractivity contribution in [1.82, 2.24) is 4.90 Å². The largest absolute Gasteiger partial charge is 0.484 e. The molecule has 194 valence electrons. The van der Waals surface area contributed by atoms with Crippen LogP contribution in [-0.4, -0.2) is 61.5 Å². The zero-order valence-corrected chi connectivity index (χ0v) is 21.9. The van der Waals surface area contributed by atoms with Crippen LogP contribution in [0.1, 0.15) is 46.1 Å².